The van der Waals surface area contributed by atoms with E-state index in [0.29, 0.717) is 28.6 Å². The van der Waals surface area contributed by atoms with Crippen molar-refractivity contribution in [1.82, 2.24) is 15.0 Å². The van der Waals surface area contributed by atoms with Crippen LogP contribution in [0.5, 0.6) is 5.75 Å². The zero-order chi connectivity index (χ0) is 23.3. The highest BCUT2D eigenvalue weighted by Crippen LogP contribution is 2.44. The summed E-state index contributed by atoms with van der Waals surface area (Å²) in [7, 11) is 0. The van der Waals surface area contributed by atoms with Crippen LogP contribution in [-0.4, -0.2) is 39.3 Å². The van der Waals surface area contributed by atoms with Crippen LogP contribution in [0.1, 0.15) is 11.1 Å². The minimum atomic E-state index is -4.53. The monoisotopic (exact) mass is 474 g/mol. The molecule has 0 amide bonds. The molecular weight excluding hydrogens is 457 g/mol. The third kappa shape index (κ3) is 3.77. The second kappa shape index (κ2) is 7.93. The number of nitrogens with one attached hydrogen (secondary N) is 1. The Morgan fingerprint density at radius 1 is 1.24 bits per heavy atom. The molecule has 0 bridgehead atoms. The van der Waals surface area contributed by atoms with Gasteiger partial charge in [-0.15, -0.1) is 0 Å². The second-order valence-corrected chi connectivity index (χ2v) is 8.21. The SMILES string of the molecule is Cc1ccc(N2c3cccc(-c4nc5c(Cl)cc(C(F)(F)F)cc5[nH]4)c3OC[C@@H]2CO)nc1. The molecule has 0 aliphatic carbocycles. The van der Waals surface area contributed by atoms with Crippen LogP contribution in [0.2, 0.25) is 5.02 Å². The molecule has 3 heterocycles. The number of nitrogens with zero attached hydrogens (tertiary/aromatic N) is 3. The van der Waals surface area contributed by atoms with Crippen molar-refractivity contribution in [1.29, 1.82) is 0 Å². The Morgan fingerprint density at radius 2 is 2.06 bits per heavy atom. The third-order valence-electron chi connectivity index (χ3n) is 5.51. The first-order valence-electron chi connectivity index (χ1n) is 10.1. The molecule has 0 fully saturated rings. The van der Waals surface area contributed by atoms with Gasteiger partial charge < -0.3 is 19.7 Å². The number of pyridine rings is 1. The van der Waals surface area contributed by atoms with Crippen molar-refractivity contribution in [2.24, 2.45) is 0 Å². The van der Waals surface area contributed by atoms with Gasteiger partial charge in [0.05, 0.1) is 40.0 Å². The standard InChI is InChI=1S/C23H18ClF3N4O2/c1-12-5-6-19(28-9-12)31-14(10-32)11-33-21-15(3-2-4-18(21)31)22-29-17-8-13(23(25,26)27)7-16(24)20(17)30-22/h2-9,14,32H,10-11H2,1H3,(H,29,30)/t14-/m0/s1. The molecule has 0 spiro atoms. The number of benzene rings is 2. The van der Waals surface area contributed by atoms with Gasteiger partial charge in [0.15, 0.2) is 5.75 Å². The number of fused-ring (bicyclic) bond motifs is 2. The first-order valence-corrected chi connectivity index (χ1v) is 10.5. The van der Waals surface area contributed by atoms with E-state index in [2.05, 4.69) is 15.0 Å². The van der Waals surface area contributed by atoms with Crippen LogP contribution in [0.4, 0.5) is 24.7 Å². The number of halogens is 4. The quantitative estimate of drug-likeness (QED) is 0.410. The maximum atomic E-state index is 13.2. The molecule has 6 nitrogen and oxygen atoms in total. The fourth-order valence-corrected chi connectivity index (χ4v) is 4.18. The van der Waals surface area contributed by atoms with E-state index < -0.39 is 11.7 Å². The van der Waals surface area contributed by atoms with E-state index in [1.165, 1.54) is 0 Å². The average molecular weight is 475 g/mol. The summed E-state index contributed by atoms with van der Waals surface area (Å²) >= 11 is 6.11. The van der Waals surface area contributed by atoms with Crippen molar-refractivity contribution in [2.75, 3.05) is 18.1 Å². The van der Waals surface area contributed by atoms with Crippen LogP contribution in [0, 0.1) is 6.92 Å². The van der Waals surface area contributed by atoms with Crippen LogP contribution in [-0.2, 0) is 6.18 Å². The average Bonchev–Trinajstić information content (AvgIpc) is 3.23. The predicted molar refractivity (Wildman–Crippen MR) is 119 cm³/mol. The molecule has 2 aromatic carbocycles. The van der Waals surface area contributed by atoms with Gasteiger partial charge in [0.25, 0.3) is 0 Å². The Morgan fingerprint density at radius 3 is 2.76 bits per heavy atom. The Kier molecular flexibility index (Phi) is 5.18. The Labute approximate surface area is 191 Å². The molecule has 2 aromatic heterocycles. The molecule has 33 heavy (non-hydrogen) atoms. The Bertz CT molecular complexity index is 1340. The number of imidazole rings is 1. The van der Waals surface area contributed by atoms with Crippen LogP contribution in [0.15, 0.2) is 48.7 Å². The maximum absolute atomic E-state index is 13.2. The lowest BCUT2D eigenvalue weighted by molar-refractivity contribution is -0.137. The summed E-state index contributed by atoms with van der Waals surface area (Å²) in [6.45, 7) is 1.97. The number of aromatic amines is 1. The smallest absolute Gasteiger partial charge is 0.416 e. The van der Waals surface area contributed by atoms with Crippen LogP contribution >= 0.6 is 11.6 Å². The van der Waals surface area contributed by atoms with E-state index in [-0.39, 0.29) is 35.3 Å². The number of aryl methyl sites for hydroxylation is 1. The number of hydrogen-bond acceptors (Lipinski definition) is 5. The lowest BCUT2D eigenvalue weighted by Crippen LogP contribution is -2.43. The largest absolute Gasteiger partial charge is 0.488 e. The number of rotatable bonds is 3. The molecule has 1 atom stereocenters. The van der Waals surface area contributed by atoms with Gasteiger partial charge in [0, 0.05) is 6.20 Å². The van der Waals surface area contributed by atoms with Crippen molar-refractivity contribution in [3.05, 3.63) is 64.8 Å². The zero-order valence-electron chi connectivity index (χ0n) is 17.3. The maximum Gasteiger partial charge on any atom is 0.416 e. The first kappa shape index (κ1) is 21.5. The fourth-order valence-electron chi connectivity index (χ4n) is 3.92. The number of aliphatic hydroxyl groups excluding tert-OH is 1. The summed E-state index contributed by atoms with van der Waals surface area (Å²) in [5, 5.41) is 9.83. The van der Waals surface area contributed by atoms with E-state index in [4.69, 9.17) is 16.3 Å². The number of H-pyrrole nitrogens is 1. The molecule has 0 saturated carbocycles. The van der Waals surface area contributed by atoms with Gasteiger partial charge in [-0.1, -0.05) is 23.7 Å². The first-order chi connectivity index (χ1) is 15.8. The van der Waals surface area contributed by atoms with E-state index >= 15 is 0 Å². The number of para-hydroxylation sites is 1. The molecule has 4 aromatic rings. The lowest BCUT2D eigenvalue weighted by atomic mass is 10.1. The van der Waals surface area contributed by atoms with Gasteiger partial charge in [-0.2, -0.15) is 13.2 Å². The van der Waals surface area contributed by atoms with Gasteiger partial charge in [0.1, 0.15) is 23.8 Å². The summed E-state index contributed by atoms with van der Waals surface area (Å²) in [5.41, 5.74) is 1.77. The number of hydrogen-bond donors (Lipinski definition) is 2. The number of aliphatic hydroxyl groups is 1. The molecule has 2 N–H and O–H groups in total. The lowest BCUT2D eigenvalue weighted by Gasteiger charge is -2.37. The summed E-state index contributed by atoms with van der Waals surface area (Å²) in [4.78, 5) is 13.8. The number of ether oxygens (including phenoxy) is 1. The van der Waals surface area contributed by atoms with Gasteiger partial charge in [0.2, 0.25) is 0 Å². The predicted octanol–water partition coefficient (Wildman–Crippen LogP) is 5.50. The van der Waals surface area contributed by atoms with E-state index in [0.717, 1.165) is 17.7 Å². The number of alkyl halides is 3. The topological polar surface area (TPSA) is 74.3 Å². The summed E-state index contributed by atoms with van der Waals surface area (Å²) in [5.74, 6) is 1.45. The van der Waals surface area contributed by atoms with E-state index in [1.807, 2.05) is 30.0 Å². The van der Waals surface area contributed by atoms with Crippen molar-refractivity contribution < 1.29 is 23.0 Å². The molecular formula is C23H18ClF3N4O2. The molecule has 5 rings (SSSR count). The Balaban J connectivity index is 1.64. The van der Waals surface area contributed by atoms with Crippen molar-refractivity contribution >= 4 is 34.1 Å². The number of aromatic nitrogens is 3. The molecule has 0 saturated heterocycles. The molecule has 0 radical (unpaired) electrons. The molecule has 1 aliphatic rings. The van der Waals surface area contributed by atoms with Gasteiger partial charge in [-0.05, 0) is 42.8 Å². The van der Waals surface area contributed by atoms with Crippen LogP contribution < -0.4 is 9.64 Å². The van der Waals surface area contributed by atoms with Crippen molar-refractivity contribution in [2.45, 2.75) is 19.1 Å². The highest BCUT2D eigenvalue weighted by molar-refractivity contribution is 6.35. The van der Waals surface area contributed by atoms with E-state index in [9.17, 15) is 18.3 Å². The summed E-state index contributed by atoms with van der Waals surface area (Å²) < 4.78 is 45.6. The normalized spacial score (nSPS) is 16.1. The van der Waals surface area contributed by atoms with Crippen molar-refractivity contribution in [3.8, 4) is 17.1 Å². The van der Waals surface area contributed by atoms with Gasteiger partial charge in [-0.3, -0.25) is 0 Å². The molecule has 170 valence electrons. The zero-order valence-corrected chi connectivity index (χ0v) is 18.1. The molecule has 1 aliphatic heterocycles. The highest BCUT2D eigenvalue weighted by Gasteiger charge is 2.33. The molecule has 0 unspecified atom stereocenters. The van der Waals surface area contributed by atoms with E-state index in [1.54, 1.807) is 18.3 Å². The summed E-state index contributed by atoms with van der Waals surface area (Å²) in [6.07, 6.45) is -2.79. The molecule has 10 heteroatoms. The third-order valence-corrected chi connectivity index (χ3v) is 5.80. The minimum Gasteiger partial charge on any atom is -0.488 e. The minimum absolute atomic E-state index is 0.0983. The van der Waals surface area contributed by atoms with Crippen LogP contribution in [0.25, 0.3) is 22.4 Å². The summed E-state index contributed by atoms with van der Waals surface area (Å²) in [6, 6.07) is 10.7. The van der Waals surface area contributed by atoms with Gasteiger partial charge >= 0.3 is 6.18 Å². The number of anilines is 2. The van der Waals surface area contributed by atoms with Crippen molar-refractivity contribution in [3.63, 3.8) is 0 Å². The van der Waals surface area contributed by atoms with Gasteiger partial charge in [-0.25, -0.2) is 9.97 Å². The highest BCUT2D eigenvalue weighted by atomic mass is 35.5. The second-order valence-electron chi connectivity index (χ2n) is 7.80. The Hall–Kier alpha value is -3.30. The fraction of sp³-hybridized carbons (Fsp3) is 0.217. The van der Waals surface area contributed by atoms with Crippen LogP contribution in [0.3, 0.4) is 0 Å².